The van der Waals surface area contributed by atoms with Crippen molar-refractivity contribution in [3.63, 3.8) is 0 Å². The van der Waals surface area contributed by atoms with Crippen LogP contribution in [0.2, 0.25) is 0 Å². The van der Waals surface area contributed by atoms with E-state index in [1.165, 1.54) is 57.3 Å². The summed E-state index contributed by atoms with van der Waals surface area (Å²) >= 11 is 3.45. The van der Waals surface area contributed by atoms with E-state index < -0.39 is 0 Å². The van der Waals surface area contributed by atoms with Crippen LogP contribution in [0.4, 0.5) is 5.69 Å². The van der Waals surface area contributed by atoms with Gasteiger partial charge in [-0.05, 0) is 120 Å². The highest BCUT2D eigenvalue weighted by atomic mass is 79.9. The van der Waals surface area contributed by atoms with Gasteiger partial charge in [-0.2, -0.15) is 0 Å². The maximum absolute atomic E-state index is 10.9. The normalized spacial score (nSPS) is 14.5. The number of nitrogens with one attached hydrogen (secondary N) is 1. The van der Waals surface area contributed by atoms with Crippen LogP contribution in [-0.2, 0) is 9.47 Å². The zero-order valence-electron chi connectivity index (χ0n) is 30.2. The Hall–Kier alpha value is -4.21. The van der Waals surface area contributed by atoms with Gasteiger partial charge in [0.05, 0.1) is 0 Å². The largest absolute Gasteiger partial charge is 0.456 e. The smallest absolute Gasteiger partial charge is 0.183 e. The van der Waals surface area contributed by atoms with Crippen molar-refractivity contribution in [1.29, 1.82) is 0 Å². The number of halogens is 1. The van der Waals surface area contributed by atoms with Crippen molar-refractivity contribution < 1.29 is 23.1 Å². The summed E-state index contributed by atoms with van der Waals surface area (Å²) in [5.41, 5.74) is 6.60. The maximum Gasteiger partial charge on any atom is 0.183 e. The number of rotatable bonds is 9. The number of carbonyl (C=O) groups is 1. The van der Waals surface area contributed by atoms with Gasteiger partial charge in [-0.15, -0.1) is 0 Å². The molecule has 272 valence electrons. The van der Waals surface area contributed by atoms with Gasteiger partial charge in [0, 0.05) is 69.5 Å². The van der Waals surface area contributed by atoms with Crippen molar-refractivity contribution in [3.8, 4) is 22.6 Å². The third-order valence-corrected chi connectivity index (χ3v) is 9.87. The lowest BCUT2D eigenvalue weighted by atomic mass is 10.1. The summed E-state index contributed by atoms with van der Waals surface area (Å²) in [6.07, 6.45) is 8.61. The summed E-state index contributed by atoms with van der Waals surface area (Å²) in [5.74, 6) is 1.70. The molecule has 0 bridgehead atoms. The number of aldehydes is 1. The van der Waals surface area contributed by atoms with Gasteiger partial charge in [-0.25, -0.2) is 0 Å². The molecule has 0 spiro atoms. The van der Waals surface area contributed by atoms with E-state index in [2.05, 4.69) is 56.5 Å². The van der Waals surface area contributed by atoms with Crippen LogP contribution >= 0.6 is 15.9 Å². The zero-order valence-corrected chi connectivity index (χ0v) is 31.8. The lowest BCUT2D eigenvalue weighted by molar-refractivity contribution is -0.140. The van der Waals surface area contributed by atoms with Crippen LogP contribution in [0.5, 0.6) is 0 Å². The van der Waals surface area contributed by atoms with Crippen molar-refractivity contribution in [3.05, 3.63) is 113 Å². The first-order chi connectivity index (χ1) is 25.5. The number of benzene rings is 4. The van der Waals surface area contributed by atoms with Gasteiger partial charge in [0.25, 0.3) is 0 Å². The molecule has 8 heteroatoms. The molecule has 0 unspecified atom stereocenters. The molecule has 52 heavy (non-hydrogen) atoms. The summed E-state index contributed by atoms with van der Waals surface area (Å²) in [4.78, 5) is 13.3. The van der Waals surface area contributed by atoms with Crippen molar-refractivity contribution in [2.75, 3.05) is 44.3 Å². The summed E-state index contributed by atoms with van der Waals surface area (Å²) in [6, 6.07) is 32.3. The maximum atomic E-state index is 10.9. The molecule has 1 N–H and O–H groups in total. The SMILES string of the molecule is C1CCNCC1.CCOC(OCC)c1ccc2cc(-c3ccc(Br)cc3)oc2c1.O=Cc1ccc2cc(-c3ccc(N4CCCCC4)cc3)oc2c1. The van der Waals surface area contributed by atoms with Crippen molar-refractivity contribution >= 4 is 49.8 Å². The number of fused-ring (bicyclic) bond motifs is 2. The number of anilines is 1. The van der Waals surface area contributed by atoms with Crippen molar-refractivity contribution in [2.24, 2.45) is 0 Å². The molecule has 0 aliphatic carbocycles. The first-order valence-corrected chi connectivity index (χ1v) is 19.4. The van der Waals surface area contributed by atoms with Crippen LogP contribution < -0.4 is 10.2 Å². The van der Waals surface area contributed by atoms with E-state index in [0.717, 1.165) is 74.0 Å². The Morgan fingerprint density at radius 2 is 1.25 bits per heavy atom. The summed E-state index contributed by atoms with van der Waals surface area (Å²) in [5, 5.41) is 5.37. The highest BCUT2D eigenvalue weighted by molar-refractivity contribution is 9.10. The van der Waals surface area contributed by atoms with Gasteiger partial charge in [-0.3, -0.25) is 4.79 Å². The summed E-state index contributed by atoms with van der Waals surface area (Å²) in [6.45, 7) is 9.93. The molecule has 8 rings (SSSR count). The lowest BCUT2D eigenvalue weighted by Crippen LogP contribution is -2.29. The molecule has 0 atom stereocenters. The van der Waals surface area contributed by atoms with Crippen molar-refractivity contribution in [1.82, 2.24) is 5.32 Å². The first kappa shape index (κ1) is 37.5. The van der Waals surface area contributed by atoms with Crippen LogP contribution in [0.15, 0.2) is 110 Å². The minimum atomic E-state index is -0.351. The van der Waals surface area contributed by atoms with E-state index >= 15 is 0 Å². The Morgan fingerprint density at radius 3 is 1.79 bits per heavy atom. The Bertz CT molecular complexity index is 1970. The second-order valence-electron chi connectivity index (χ2n) is 13.1. The number of hydrogen-bond acceptors (Lipinski definition) is 7. The molecule has 2 aromatic heterocycles. The zero-order chi connectivity index (χ0) is 36.1. The Kier molecular flexibility index (Phi) is 13.7. The van der Waals surface area contributed by atoms with Gasteiger partial charge in [0.2, 0.25) is 0 Å². The monoisotopic (exact) mass is 764 g/mol. The highest BCUT2D eigenvalue weighted by Crippen LogP contribution is 2.32. The molecule has 0 radical (unpaired) electrons. The van der Waals surface area contributed by atoms with Gasteiger partial charge in [0.1, 0.15) is 29.0 Å². The number of hydrogen-bond donors (Lipinski definition) is 1. The molecule has 2 aliphatic rings. The molecule has 2 fully saturated rings. The first-order valence-electron chi connectivity index (χ1n) is 18.6. The molecule has 6 aromatic rings. The minimum absolute atomic E-state index is 0.351. The Morgan fingerprint density at radius 1 is 0.692 bits per heavy atom. The number of nitrogens with zero attached hydrogens (tertiary/aromatic N) is 1. The van der Waals surface area contributed by atoms with Crippen LogP contribution in [0.25, 0.3) is 44.6 Å². The number of piperidine rings is 2. The lowest BCUT2D eigenvalue weighted by Gasteiger charge is -2.28. The summed E-state index contributed by atoms with van der Waals surface area (Å²) < 4.78 is 24.3. The van der Waals surface area contributed by atoms with E-state index in [1.807, 2.05) is 74.5 Å². The van der Waals surface area contributed by atoms with E-state index in [4.69, 9.17) is 18.3 Å². The molecule has 2 saturated heterocycles. The fraction of sp³-hybridized carbons (Fsp3) is 0.341. The molecule has 0 saturated carbocycles. The Labute approximate surface area is 315 Å². The number of carbonyl (C=O) groups excluding carboxylic acids is 1. The van der Waals surface area contributed by atoms with Gasteiger partial charge < -0.3 is 28.5 Å². The Balaban J connectivity index is 0.000000154. The van der Waals surface area contributed by atoms with Crippen LogP contribution in [0.3, 0.4) is 0 Å². The van der Waals surface area contributed by atoms with Crippen molar-refractivity contribution in [2.45, 2.75) is 58.7 Å². The molecule has 4 heterocycles. The quantitative estimate of drug-likeness (QED) is 0.116. The van der Waals surface area contributed by atoms with E-state index in [-0.39, 0.29) is 6.29 Å². The number of furan rings is 2. The van der Waals surface area contributed by atoms with Crippen LogP contribution in [0, 0.1) is 0 Å². The molecule has 4 aromatic carbocycles. The minimum Gasteiger partial charge on any atom is -0.456 e. The molecule has 0 amide bonds. The molecular formula is C44H49BrN2O5. The van der Waals surface area contributed by atoms with E-state index in [1.54, 1.807) is 6.07 Å². The predicted molar refractivity (Wildman–Crippen MR) is 215 cm³/mol. The van der Waals surface area contributed by atoms with Crippen LogP contribution in [0.1, 0.15) is 74.6 Å². The molecule has 7 nitrogen and oxygen atoms in total. The molecular weight excluding hydrogens is 716 g/mol. The second-order valence-corrected chi connectivity index (χ2v) is 14.0. The average Bonchev–Trinajstić information content (AvgIpc) is 3.84. The fourth-order valence-corrected chi connectivity index (χ4v) is 6.81. The third-order valence-electron chi connectivity index (χ3n) is 9.34. The van der Waals surface area contributed by atoms with E-state index in [9.17, 15) is 4.79 Å². The average molecular weight is 766 g/mol. The predicted octanol–water partition coefficient (Wildman–Crippen LogP) is 11.6. The standard InChI is InChI=1S/C20H19NO2.C19H19BrO3.C5H11N/c22-14-15-4-5-17-13-20(23-19(17)12-15)16-6-8-18(9-7-16)21-10-2-1-3-11-21;1-3-21-19(22-4-2)15-6-5-14-11-17(23-18(14)12-15)13-7-9-16(20)10-8-13;1-2-4-6-5-3-1/h4-9,12-14H,1-3,10-11H2;5-12,19H,3-4H2,1-2H3;6H,1-5H2. The van der Waals surface area contributed by atoms with Gasteiger partial charge in [0.15, 0.2) is 6.29 Å². The summed E-state index contributed by atoms with van der Waals surface area (Å²) in [7, 11) is 0. The van der Waals surface area contributed by atoms with E-state index in [0.29, 0.717) is 18.8 Å². The van der Waals surface area contributed by atoms with Crippen LogP contribution in [-0.4, -0.2) is 45.7 Å². The highest BCUT2D eigenvalue weighted by Gasteiger charge is 2.15. The number of ether oxygens (including phenoxy) is 2. The topological polar surface area (TPSA) is 77.1 Å². The molecule has 2 aliphatic heterocycles. The third kappa shape index (κ3) is 10.0. The van der Waals surface area contributed by atoms with Gasteiger partial charge in [-0.1, -0.05) is 58.7 Å². The second kappa shape index (κ2) is 19.0. The van der Waals surface area contributed by atoms with Gasteiger partial charge >= 0.3 is 0 Å². The fourth-order valence-electron chi connectivity index (χ4n) is 6.55.